The summed E-state index contributed by atoms with van der Waals surface area (Å²) in [7, 11) is 0. The molecule has 1 aliphatic heterocycles. The molecule has 1 aliphatic carbocycles. The Morgan fingerprint density at radius 2 is 1.94 bits per heavy atom. The molecule has 0 aromatic heterocycles. The van der Waals surface area contributed by atoms with Gasteiger partial charge in [-0.15, -0.1) is 0 Å². The molecule has 0 radical (unpaired) electrons. The van der Waals surface area contributed by atoms with Gasteiger partial charge in [-0.3, -0.25) is 4.79 Å². The zero-order valence-corrected chi connectivity index (χ0v) is 9.72. The van der Waals surface area contributed by atoms with Crippen LogP contribution in [-0.2, 0) is 4.79 Å². The molecule has 1 saturated heterocycles. The van der Waals surface area contributed by atoms with E-state index in [0.717, 1.165) is 13.1 Å². The smallest absolute Gasteiger partial charge is 0.407 e. The lowest BCUT2D eigenvalue weighted by Gasteiger charge is -2.21. The minimum atomic E-state index is -0.815. The van der Waals surface area contributed by atoms with Gasteiger partial charge in [0.2, 0.25) is 5.91 Å². The summed E-state index contributed by atoms with van der Waals surface area (Å²) in [5.41, 5.74) is 0. The second-order valence-electron chi connectivity index (χ2n) is 4.74. The van der Waals surface area contributed by atoms with Gasteiger partial charge in [0.25, 0.3) is 0 Å². The summed E-state index contributed by atoms with van der Waals surface area (Å²) in [6, 6.07) is 0. The van der Waals surface area contributed by atoms with Crippen molar-refractivity contribution >= 4 is 12.0 Å². The van der Waals surface area contributed by atoms with Crippen LogP contribution in [0.25, 0.3) is 0 Å². The Morgan fingerprint density at radius 3 is 2.31 bits per heavy atom. The van der Waals surface area contributed by atoms with E-state index in [9.17, 15) is 9.59 Å². The van der Waals surface area contributed by atoms with Gasteiger partial charge in [-0.2, -0.15) is 0 Å². The van der Waals surface area contributed by atoms with E-state index in [2.05, 4.69) is 0 Å². The number of likely N-dealkylation sites (tertiary alicyclic amines) is 1. The fourth-order valence-corrected chi connectivity index (χ4v) is 2.81. The van der Waals surface area contributed by atoms with Gasteiger partial charge in [-0.1, -0.05) is 0 Å². The second kappa shape index (κ2) is 3.96. The molecule has 1 heterocycles. The maximum Gasteiger partial charge on any atom is 0.407 e. The molecule has 1 unspecified atom stereocenters. The summed E-state index contributed by atoms with van der Waals surface area (Å²) in [4.78, 5) is 25.3. The first kappa shape index (κ1) is 11.2. The van der Waals surface area contributed by atoms with Crippen LogP contribution in [0.4, 0.5) is 4.79 Å². The highest BCUT2D eigenvalue weighted by molar-refractivity contribution is 5.73. The quantitative estimate of drug-likeness (QED) is 0.771. The van der Waals surface area contributed by atoms with Gasteiger partial charge in [0.1, 0.15) is 0 Å². The van der Waals surface area contributed by atoms with Crippen LogP contribution in [0.3, 0.4) is 0 Å². The fraction of sp³-hybridized carbons (Fsp3) is 0.818. The summed E-state index contributed by atoms with van der Waals surface area (Å²) in [5, 5.41) is 8.82. The van der Waals surface area contributed by atoms with E-state index in [0.29, 0.717) is 30.8 Å². The third kappa shape index (κ3) is 1.86. The molecule has 16 heavy (non-hydrogen) atoms. The second-order valence-corrected chi connectivity index (χ2v) is 4.74. The van der Waals surface area contributed by atoms with E-state index < -0.39 is 6.09 Å². The predicted octanol–water partition coefficient (Wildman–Crippen LogP) is 0.711. The average Bonchev–Trinajstić information content (AvgIpc) is 2.68. The van der Waals surface area contributed by atoms with Crippen LogP contribution < -0.4 is 0 Å². The highest BCUT2D eigenvalue weighted by Gasteiger charge is 2.56. The Balaban J connectivity index is 1.81. The molecule has 2 rings (SSSR count). The number of rotatable bonds is 3. The first-order valence-electron chi connectivity index (χ1n) is 5.78. The number of carbonyl (C=O) groups is 2. The Labute approximate surface area is 95.0 Å². The Bertz CT molecular complexity index is 306. The molecular formula is C11H18N2O3. The lowest BCUT2D eigenvalue weighted by molar-refractivity contribution is -0.129. The highest BCUT2D eigenvalue weighted by Crippen LogP contribution is 2.51. The Morgan fingerprint density at radius 1 is 1.38 bits per heavy atom. The molecule has 5 heteroatoms. The summed E-state index contributed by atoms with van der Waals surface area (Å²) in [6.07, 6.45) is -0.815. The highest BCUT2D eigenvalue weighted by atomic mass is 16.4. The van der Waals surface area contributed by atoms with Crippen molar-refractivity contribution in [2.24, 2.45) is 17.8 Å². The van der Waals surface area contributed by atoms with Gasteiger partial charge in [-0.05, 0) is 24.7 Å². The average molecular weight is 226 g/mol. The van der Waals surface area contributed by atoms with Crippen LogP contribution in [0.15, 0.2) is 0 Å². The predicted molar refractivity (Wildman–Crippen MR) is 58.0 cm³/mol. The van der Waals surface area contributed by atoms with Gasteiger partial charge >= 0.3 is 6.09 Å². The molecular weight excluding hydrogens is 208 g/mol. The zero-order valence-electron chi connectivity index (χ0n) is 9.72. The standard InChI is InChI=1S/C11H18N2O3/c1-3-12(7(2)14)4-8-9-5-13(11(15)16)6-10(8)9/h8-10H,3-6H2,1-2H3,(H,15,16)/t8?,9-,10+. The van der Waals surface area contributed by atoms with Crippen LogP contribution in [0.5, 0.6) is 0 Å². The topological polar surface area (TPSA) is 60.9 Å². The van der Waals surface area contributed by atoms with Crippen molar-refractivity contribution in [2.45, 2.75) is 13.8 Å². The largest absolute Gasteiger partial charge is 0.465 e. The molecule has 0 aromatic carbocycles. The van der Waals surface area contributed by atoms with Gasteiger partial charge in [-0.25, -0.2) is 4.79 Å². The van der Waals surface area contributed by atoms with E-state index in [4.69, 9.17) is 5.11 Å². The molecule has 2 fully saturated rings. The maximum atomic E-state index is 11.3. The van der Waals surface area contributed by atoms with Crippen molar-refractivity contribution in [3.8, 4) is 0 Å². The van der Waals surface area contributed by atoms with Crippen LogP contribution in [-0.4, -0.2) is 53.1 Å². The van der Waals surface area contributed by atoms with E-state index in [1.165, 1.54) is 4.90 Å². The molecule has 0 aromatic rings. The SMILES string of the molecule is CCN(CC1[C@H]2CN(C(=O)O)C[C@@H]12)C(C)=O. The molecule has 90 valence electrons. The monoisotopic (exact) mass is 226 g/mol. The Kier molecular flexibility index (Phi) is 2.78. The number of carbonyl (C=O) groups excluding carboxylic acids is 1. The lowest BCUT2D eigenvalue weighted by Crippen LogP contribution is -2.35. The number of fused-ring (bicyclic) bond motifs is 1. The van der Waals surface area contributed by atoms with Gasteiger partial charge < -0.3 is 14.9 Å². The molecule has 2 aliphatic rings. The first-order valence-corrected chi connectivity index (χ1v) is 5.78. The number of carboxylic acid groups (broad SMARTS) is 1. The minimum Gasteiger partial charge on any atom is -0.465 e. The van der Waals surface area contributed by atoms with Gasteiger partial charge in [0, 0.05) is 33.1 Å². The molecule has 3 atom stereocenters. The van der Waals surface area contributed by atoms with Crippen molar-refractivity contribution in [3.05, 3.63) is 0 Å². The van der Waals surface area contributed by atoms with Crippen molar-refractivity contribution < 1.29 is 14.7 Å². The van der Waals surface area contributed by atoms with E-state index in [1.807, 2.05) is 11.8 Å². The van der Waals surface area contributed by atoms with Crippen molar-refractivity contribution in [2.75, 3.05) is 26.2 Å². The number of nitrogens with zero attached hydrogens (tertiary/aromatic N) is 2. The third-order valence-corrected chi connectivity index (χ3v) is 3.90. The first-order chi connectivity index (χ1) is 7.54. The summed E-state index contributed by atoms with van der Waals surface area (Å²) in [5.74, 6) is 1.62. The lowest BCUT2D eigenvalue weighted by atomic mass is 10.2. The van der Waals surface area contributed by atoms with Crippen molar-refractivity contribution in [1.29, 1.82) is 0 Å². The molecule has 5 nitrogen and oxygen atoms in total. The molecule has 0 bridgehead atoms. The number of hydrogen-bond donors (Lipinski definition) is 1. The summed E-state index contributed by atoms with van der Waals surface area (Å²) < 4.78 is 0. The number of hydrogen-bond acceptors (Lipinski definition) is 2. The Hall–Kier alpha value is -1.26. The zero-order chi connectivity index (χ0) is 11.9. The van der Waals surface area contributed by atoms with E-state index in [-0.39, 0.29) is 5.91 Å². The molecule has 1 saturated carbocycles. The van der Waals surface area contributed by atoms with Crippen LogP contribution >= 0.6 is 0 Å². The maximum absolute atomic E-state index is 11.3. The van der Waals surface area contributed by atoms with Crippen molar-refractivity contribution in [1.82, 2.24) is 9.80 Å². The van der Waals surface area contributed by atoms with E-state index >= 15 is 0 Å². The molecule has 2 amide bonds. The summed E-state index contributed by atoms with van der Waals surface area (Å²) >= 11 is 0. The minimum absolute atomic E-state index is 0.113. The summed E-state index contributed by atoms with van der Waals surface area (Å²) in [6.45, 7) is 6.41. The van der Waals surface area contributed by atoms with E-state index in [1.54, 1.807) is 6.92 Å². The normalized spacial score (nSPS) is 31.1. The molecule has 0 spiro atoms. The van der Waals surface area contributed by atoms with Crippen LogP contribution in [0.2, 0.25) is 0 Å². The van der Waals surface area contributed by atoms with Crippen molar-refractivity contribution in [3.63, 3.8) is 0 Å². The van der Waals surface area contributed by atoms with Crippen LogP contribution in [0.1, 0.15) is 13.8 Å². The number of piperidine rings is 1. The van der Waals surface area contributed by atoms with Crippen LogP contribution in [0, 0.1) is 17.8 Å². The van der Waals surface area contributed by atoms with Gasteiger partial charge in [0.15, 0.2) is 0 Å². The van der Waals surface area contributed by atoms with Gasteiger partial charge in [0.05, 0.1) is 0 Å². The molecule has 1 N–H and O–H groups in total. The fourth-order valence-electron chi connectivity index (χ4n) is 2.81. The third-order valence-electron chi connectivity index (χ3n) is 3.90. The number of amides is 2.